The minimum Gasteiger partial charge on any atom is -0.481 e. The van der Waals surface area contributed by atoms with Crippen molar-refractivity contribution in [2.45, 2.75) is 32.6 Å². The number of aryl methyl sites for hydroxylation is 1. The molecule has 0 fully saturated rings. The first-order valence-corrected chi connectivity index (χ1v) is 10.9. The van der Waals surface area contributed by atoms with Gasteiger partial charge in [-0.1, -0.05) is 19.1 Å². The van der Waals surface area contributed by atoms with Crippen LogP contribution < -0.4 is 10.2 Å². The maximum atomic E-state index is 12.9. The van der Waals surface area contributed by atoms with E-state index in [0.717, 1.165) is 27.8 Å². The molecule has 0 radical (unpaired) electrons. The Balaban J connectivity index is 1.47. The van der Waals surface area contributed by atoms with E-state index in [9.17, 15) is 9.59 Å². The highest BCUT2D eigenvalue weighted by Gasteiger charge is 2.17. The number of imidazole rings is 1. The summed E-state index contributed by atoms with van der Waals surface area (Å²) in [6.07, 6.45) is 3.67. The third-order valence-corrected chi connectivity index (χ3v) is 5.63. The van der Waals surface area contributed by atoms with Crippen molar-refractivity contribution in [3.8, 4) is 0 Å². The molecule has 0 aliphatic carbocycles. The number of aromatic amines is 1. The minimum absolute atomic E-state index is 0.0180. The number of aliphatic carboxylic acids is 1. The lowest BCUT2D eigenvalue weighted by atomic mass is 10.0. The number of hydrogen-bond acceptors (Lipinski definition) is 6. The summed E-state index contributed by atoms with van der Waals surface area (Å²) in [5.74, 6) is -0.154. The maximum absolute atomic E-state index is 12.9. The normalized spacial score (nSPS) is 11.9. The number of carbonyl (C=O) groups excluding carboxylic acids is 1. The summed E-state index contributed by atoms with van der Waals surface area (Å²) in [4.78, 5) is 41.9. The van der Waals surface area contributed by atoms with Crippen molar-refractivity contribution < 1.29 is 14.7 Å². The van der Waals surface area contributed by atoms with E-state index < -0.39 is 5.97 Å². The second kappa shape index (κ2) is 9.70. The molecule has 1 atom stereocenters. The van der Waals surface area contributed by atoms with Crippen molar-refractivity contribution in [3.63, 3.8) is 0 Å². The Bertz CT molecular complexity index is 1350. The molecule has 9 nitrogen and oxygen atoms in total. The largest absolute Gasteiger partial charge is 0.481 e. The zero-order chi connectivity index (χ0) is 24.2. The highest BCUT2D eigenvalue weighted by atomic mass is 16.4. The van der Waals surface area contributed by atoms with Gasteiger partial charge >= 0.3 is 5.97 Å². The number of amides is 1. The number of pyridine rings is 2. The van der Waals surface area contributed by atoms with Gasteiger partial charge in [0.15, 0.2) is 0 Å². The van der Waals surface area contributed by atoms with E-state index in [1.807, 2.05) is 31.2 Å². The van der Waals surface area contributed by atoms with E-state index in [1.54, 1.807) is 44.6 Å². The van der Waals surface area contributed by atoms with Crippen LogP contribution in [-0.4, -0.2) is 44.0 Å². The van der Waals surface area contributed by atoms with Gasteiger partial charge in [-0.2, -0.15) is 0 Å². The van der Waals surface area contributed by atoms with Crippen molar-refractivity contribution in [1.29, 1.82) is 0 Å². The summed E-state index contributed by atoms with van der Waals surface area (Å²) in [5, 5.41) is 12.3. The van der Waals surface area contributed by atoms with E-state index in [4.69, 9.17) is 5.11 Å². The zero-order valence-electron chi connectivity index (χ0n) is 19.2. The smallest absolute Gasteiger partial charge is 0.304 e. The molecule has 1 amide bonds. The summed E-state index contributed by atoms with van der Waals surface area (Å²) < 4.78 is 0. The molecule has 9 heteroatoms. The van der Waals surface area contributed by atoms with Gasteiger partial charge in [0.2, 0.25) is 11.9 Å². The molecule has 4 aromatic rings. The van der Waals surface area contributed by atoms with Crippen molar-refractivity contribution >= 4 is 40.4 Å². The summed E-state index contributed by atoms with van der Waals surface area (Å²) >= 11 is 0. The van der Waals surface area contributed by atoms with Crippen LogP contribution in [-0.2, 0) is 16.0 Å². The molecule has 174 valence electrons. The topological polar surface area (TPSA) is 124 Å². The van der Waals surface area contributed by atoms with Crippen LogP contribution in [0.25, 0.3) is 11.0 Å². The van der Waals surface area contributed by atoms with Crippen LogP contribution in [0.5, 0.6) is 0 Å². The first kappa shape index (κ1) is 22.9. The van der Waals surface area contributed by atoms with Crippen LogP contribution in [0.1, 0.15) is 36.1 Å². The molecule has 3 heterocycles. The first-order valence-electron chi connectivity index (χ1n) is 10.9. The van der Waals surface area contributed by atoms with Gasteiger partial charge < -0.3 is 15.4 Å². The van der Waals surface area contributed by atoms with Crippen molar-refractivity contribution in [2.24, 2.45) is 0 Å². The summed E-state index contributed by atoms with van der Waals surface area (Å²) in [6.45, 7) is 3.77. The summed E-state index contributed by atoms with van der Waals surface area (Å²) in [6, 6.07) is 12.9. The minimum atomic E-state index is -0.882. The average Bonchev–Trinajstić information content (AvgIpc) is 3.21. The SMILES string of the molecule is Cc1cnccc1Nc1nc2ccc(CC(=O)N(C)c3cccc(C(C)CC(=O)O)n3)cc2[nH]1. The molecule has 1 aromatic carbocycles. The molecule has 4 rings (SSSR count). The molecular formula is C25H26N6O3. The van der Waals surface area contributed by atoms with E-state index >= 15 is 0 Å². The van der Waals surface area contributed by atoms with Gasteiger partial charge in [0.25, 0.3) is 0 Å². The standard InChI is InChI=1S/C25H26N6O3/c1-15(11-24(33)34)18-5-4-6-22(27-18)31(3)23(32)13-17-7-8-20-21(12-17)30-25(29-20)28-19-9-10-26-14-16(19)2/h4-10,12,14-15H,11,13H2,1-3H3,(H,33,34)(H2,26,28,29,30). The van der Waals surface area contributed by atoms with Gasteiger partial charge in [-0.05, 0) is 48.4 Å². The molecule has 1 unspecified atom stereocenters. The first-order chi connectivity index (χ1) is 16.3. The van der Waals surface area contributed by atoms with Gasteiger partial charge in [0, 0.05) is 36.7 Å². The van der Waals surface area contributed by atoms with Gasteiger partial charge in [0.1, 0.15) is 5.82 Å². The third kappa shape index (κ3) is 5.20. The molecule has 34 heavy (non-hydrogen) atoms. The molecule has 0 saturated carbocycles. The zero-order valence-corrected chi connectivity index (χ0v) is 19.2. The Morgan fingerprint density at radius 1 is 1.18 bits per heavy atom. The Hall–Kier alpha value is -4.27. The number of hydrogen-bond donors (Lipinski definition) is 3. The molecule has 3 aromatic heterocycles. The highest BCUT2D eigenvalue weighted by molar-refractivity contribution is 5.94. The number of carboxylic acids is 1. The van der Waals surface area contributed by atoms with E-state index in [1.165, 1.54) is 4.90 Å². The lowest BCUT2D eigenvalue weighted by Crippen LogP contribution is -2.29. The van der Waals surface area contributed by atoms with Crippen LogP contribution in [0.15, 0.2) is 54.9 Å². The number of H-pyrrole nitrogens is 1. The Morgan fingerprint density at radius 2 is 2.00 bits per heavy atom. The summed E-state index contributed by atoms with van der Waals surface area (Å²) in [5.41, 5.74) is 5.02. The average molecular weight is 459 g/mol. The number of fused-ring (bicyclic) bond motifs is 1. The molecule has 0 aliphatic rings. The fourth-order valence-corrected chi connectivity index (χ4v) is 3.66. The number of benzene rings is 1. The number of carbonyl (C=O) groups is 2. The molecule has 0 saturated heterocycles. The number of carboxylic acid groups (broad SMARTS) is 1. The molecule has 0 aliphatic heterocycles. The Morgan fingerprint density at radius 3 is 2.76 bits per heavy atom. The van der Waals surface area contributed by atoms with Crippen LogP contribution >= 0.6 is 0 Å². The van der Waals surface area contributed by atoms with Crippen molar-refractivity contribution in [1.82, 2.24) is 19.9 Å². The second-order valence-corrected chi connectivity index (χ2v) is 8.30. The number of rotatable bonds is 8. The monoisotopic (exact) mass is 458 g/mol. The van der Waals surface area contributed by atoms with Crippen LogP contribution in [0.4, 0.5) is 17.5 Å². The maximum Gasteiger partial charge on any atom is 0.304 e. The van der Waals surface area contributed by atoms with E-state index in [2.05, 4.69) is 25.3 Å². The fraction of sp³-hybridized carbons (Fsp3) is 0.240. The van der Waals surface area contributed by atoms with Gasteiger partial charge in [0.05, 0.1) is 23.9 Å². The molecular weight excluding hydrogens is 432 g/mol. The lowest BCUT2D eigenvalue weighted by Gasteiger charge is -2.18. The van der Waals surface area contributed by atoms with Gasteiger partial charge in [-0.15, -0.1) is 0 Å². The van der Waals surface area contributed by atoms with Crippen LogP contribution in [0.3, 0.4) is 0 Å². The number of nitrogens with zero attached hydrogens (tertiary/aromatic N) is 4. The third-order valence-electron chi connectivity index (χ3n) is 5.63. The fourth-order valence-electron chi connectivity index (χ4n) is 3.66. The number of likely N-dealkylation sites (N-methyl/N-ethyl adjacent to an activating group) is 1. The summed E-state index contributed by atoms with van der Waals surface area (Å²) in [7, 11) is 1.67. The molecule has 0 spiro atoms. The van der Waals surface area contributed by atoms with Crippen molar-refractivity contribution in [2.75, 3.05) is 17.3 Å². The molecule has 3 N–H and O–H groups in total. The van der Waals surface area contributed by atoms with Crippen LogP contribution in [0.2, 0.25) is 0 Å². The van der Waals surface area contributed by atoms with E-state index in [-0.39, 0.29) is 24.7 Å². The van der Waals surface area contributed by atoms with Crippen LogP contribution in [0, 0.1) is 6.92 Å². The predicted molar refractivity (Wildman–Crippen MR) is 130 cm³/mol. The van der Waals surface area contributed by atoms with Gasteiger partial charge in [-0.3, -0.25) is 19.5 Å². The number of anilines is 3. The Kier molecular flexibility index (Phi) is 6.53. The predicted octanol–water partition coefficient (Wildman–Crippen LogP) is 4.19. The Labute approximate surface area is 196 Å². The number of nitrogens with one attached hydrogen (secondary N) is 2. The number of aromatic nitrogens is 4. The van der Waals surface area contributed by atoms with Crippen molar-refractivity contribution in [3.05, 3.63) is 71.7 Å². The molecule has 0 bridgehead atoms. The highest BCUT2D eigenvalue weighted by Crippen LogP contribution is 2.23. The quantitative estimate of drug-likeness (QED) is 0.362. The van der Waals surface area contributed by atoms with E-state index in [0.29, 0.717) is 17.5 Å². The van der Waals surface area contributed by atoms with Gasteiger partial charge in [-0.25, -0.2) is 9.97 Å². The lowest BCUT2D eigenvalue weighted by molar-refractivity contribution is -0.137. The second-order valence-electron chi connectivity index (χ2n) is 8.30.